The Bertz CT molecular complexity index is 622. The van der Waals surface area contributed by atoms with Gasteiger partial charge in [-0.15, -0.1) is 0 Å². The van der Waals surface area contributed by atoms with Gasteiger partial charge in [0.1, 0.15) is 0 Å². The van der Waals surface area contributed by atoms with Gasteiger partial charge in [0.05, 0.1) is 15.9 Å². The first-order valence-corrected chi connectivity index (χ1v) is 8.43. The van der Waals surface area contributed by atoms with E-state index in [0.717, 1.165) is 19.3 Å². The molecule has 0 aromatic heterocycles. The number of hydrogen-bond donors (Lipinski definition) is 1. The number of nitrogens with one attached hydrogen (secondary N) is 1. The van der Waals surface area contributed by atoms with Gasteiger partial charge in [-0.3, -0.25) is 10.1 Å². The highest BCUT2D eigenvalue weighted by Crippen LogP contribution is 2.33. The van der Waals surface area contributed by atoms with Crippen molar-refractivity contribution in [3.63, 3.8) is 0 Å². The number of nitrogens with zero attached hydrogens (tertiary/aromatic N) is 2. The van der Waals surface area contributed by atoms with E-state index in [9.17, 15) is 18.5 Å². The van der Waals surface area contributed by atoms with Crippen molar-refractivity contribution < 1.29 is 13.3 Å². The van der Waals surface area contributed by atoms with Crippen LogP contribution in [0, 0.1) is 10.1 Å². The largest absolute Gasteiger partial charge is 0.313 e. The number of sulfonamides is 1. The van der Waals surface area contributed by atoms with E-state index in [2.05, 4.69) is 5.32 Å². The second-order valence-corrected chi connectivity index (χ2v) is 7.33. The summed E-state index contributed by atoms with van der Waals surface area (Å²) in [6, 6.07) is 5.19. The highest BCUT2D eigenvalue weighted by Gasteiger charge is 2.41. The topological polar surface area (TPSA) is 92.5 Å². The van der Waals surface area contributed by atoms with Crippen LogP contribution in [-0.2, 0) is 10.0 Å². The van der Waals surface area contributed by atoms with E-state index in [1.807, 2.05) is 0 Å². The van der Waals surface area contributed by atoms with Crippen LogP contribution >= 0.6 is 0 Å². The van der Waals surface area contributed by atoms with Crippen LogP contribution in [0.3, 0.4) is 0 Å². The lowest BCUT2D eigenvalue weighted by atomic mass is 9.92. The van der Waals surface area contributed by atoms with Crippen LogP contribution in [0.5, 0.6) is 0 Å². The van der Waals surface area contributed by atoms with Crippen molar-refractivity contribution in [2.24, 2.45) is 0 Å². The van der Waals surface area contributed by atoms with E-state index in [0.29, 0.717) is 13.1 Å². The number of hydrogen-bond acceptors (Lipinski definition) is 5. The van der Waals surface area contributed by atoms with Crippen molar-refractivity contribution >= 4 is 15.7 Å². The second-order valence-electron chi connectivity index (χ2n) is 5.48. The number of nitro benzene ring substituents is 1. The molecule has 0 amide bonds. The number of non-ortho nitro benzene ring substituents is 1. The molecule has 3 rings (SSSR count). The minimum absolute atomic E-state index is 0.00417. The van der Waals surface area contributed by atoms with Crippen LogP contribution in [0.4, 0.5) is 5.69 Å². The first kappa shape index (κ1) is 14.4. The predicted octanol–water partition coefficient (Wildman–Crippen LogP) is 1.11. The summed E-state index contributed by atoms with van der Waals surface area (Å²) in [6.45, 7) is 1.34. The molecule has 1 saturated heterocycles. The molecule has 0 bridgehead atoms. The van der Waals surface area contributed by atoms with Crippen molar-refractivity contribution in [2.75, 3.05) is 13.1 Å². The Labute approximate surface area is 123 Å². The summed E-state index contributed by atoms with van der Waals surface area (Å²) in [5, 5.41) is 13.8. The van der Waals surface area contributed by atoms with E-state index in [1.165, 1.54) is 24.3 Å². The Morgan fingerprint density at radius 3 is 2.14 bits per heavy atom. The average Bonchev–Trinajstić information content (AvgIpc) is 2.34. The van der Waals surface area contributed by atoms with Crippen LogP contribution < -0.4 is 5.32 Å². The smallest absolute Gasteiger partial charge is 0.269 e. The highest BCUT2D eigenvalue weighted by molar-refractivity contribution is 7.89. The number of benzene rings is 1. The average molecular weight is 311 g/mol. The Balaban J connectivity index is 1.91. The van der Waals surface area contributed by atoms with Crippen molar-refractivity contribution in [3.8, 4) is 0 Å². The fraction of sp³-hybridized carbons (Fsp3) is 0.538. The van der Waals surface area contributed by atoms with Gasteiger partial charge >= 0.3 is 0 Å². The van der Waals surface area contributed by atoms with Gasteiger partial charge in [0.15, 0.2) is 0 Å². The SMILES string of the molecule is O=[N+]([O-])c1ccc(S(=O)(=O)N(C2CCC2)C2CNC2)cc1. The third-order valence-corrected chi connectivity index (χ3v) is 6.20. The van der Waals surface area contributed by atoms with E-state index in [-0.39, 0.29) is 22.7 Å². The fourth-order valence-corrected chi connectivity index (χ4v) is 4.52. The number of rotatable bonds is 5. The molecule has 1 saturated carbocycles. The molecule has 0 atom stereocenters. The summed E-state index contributed by atoms with van der Waals surface area (Å²) in [5.41, 5.74) is -0.102. The highest BCUT2D eigenvalue weighted by atomic mass is 32.2. The molecule has 1 aliphatic carbocycles. The Kier molecular flexibility index (Phi) is 3.68. The van der Waals surface area contributed by atoms with Crippen molar-refractivity contribution in [3.05, 3.63) is 34.4 Å². The zero-order valence-corrected chi connectivity index (χ0v) is 12.3. The van der Waals surface area contributed by atoms with Gasteiger partial charge in [0, 0.05) is 31.3 Å². The molecule has 1 aromatic rings. The van der Waals surface area contributed by atoms with Gasteiger partial charge in [-0.1, -0.05) is 6.42 Å². The standard InChI is InChI=1S/C13H17N3O4S/c17-16(18)11-4-6-13(7-5-11)21(19,20)15(10-2-1-3-10)12-8-14-9-12/h4-7,10,12,14H,1-3,8-9H2. The van der Waals surface area contributed by atoms with Crippen LogP contribution in [0.2, 0.25) is 0 Å². The summed E-state index contributed by atoms with van der Waals surface area (Å²) in [6.07, 6.45) is 2.84. The molecule has 114 valence electrons. The third-order valence-electron chi connectivity index (χ3n) is 4.18. The number of nitro groups is 1. The monoisotopic (exact) mass is 311 g/mol. The molecule has 2 aliphatic rings. The first-order chi connectivity index (χ1) is 10.00. The van der Waals surface area contributed by atoms with E-state index in [1.54, 1.807) is 4.31 Å². The molecule has 8 heteroatoms. The Morgan fingerprint density at radius 2 is 1.76 bits per heavy atom. The Morgan fingerprint density at radius 1 is 1.14 bits per heavy atom. The van der Waals surface area contributed by atoms with E-state index >= 15 is 0 Å². The molecular formula is C13H17N3O4S. The summed E-state index contributed by atoms with van der Waals surface area (Å²) >= 11 is 0. The maximum atomic E-state index is 12.8. The van der Waals surface area contributed by atoms with Gasteiger partial charge in [0.2, 0.25) is 10.0 Å². The third kappa shape index (κ3) is 2.54. The lowest BCUT2D eigenvalue weighted by Gasteiger charge is -2.45. The van der Waals surface area contributed by atoms with E-state index < -0.39 is 14.9 Å². The van der Waals surface area contributed by atoms with Crippen LogP contribution in [0.25, 0.3) is 0 Å². The molecule has 1 N–H and O–H groups in total. The van der Waals surface area contributed by atoms with Gasteiger partial charge < -0.3 is 5.32 Å². The molecule has 0 unspecified atom stereocenters. The van der Waals surface area contributed by atoms with Crippen LogP contribution in [0.15, 0.2) is 29.2 Å². The summed E-state index contributed by atoms with van der Waals surface area (Å²) < 4.78 is 27.2. The molecule has 0 spiro atoms. The van der Waals surface area contributed by atoms with Gasteiger partial charge in [-0.2, -0.15) is 4.31 Å². The van der Waals surface area contributed by atoms with Crippen molar-refractivity contribution in [1.82, 2.24) is 9.62 Å². The molecular weight excluding hydrogens is 294 g/mol. The maximum absolute atomic E-state index is 12.8. The minimum Gasteiger partial charge on any atom is -0.313 e. The van der Waals surface area contributed by atoms with Gasteiger partial charge in [0.25, 0.3) is 5.69 Å². The lowest BCUT2D eigenvalue weighted by Crippen LogP contribution is -2.62. The van der Waals surface area contributed by atoms with Gasteiger partial charge in [-0.25, -0.2) is 8.42 Å². The summed E-state index contributed by atoms with van der Waals surface area (Å²) in [7, 11) is -3.59. The fourth-order valence-electron chi connectivity index (χ4n) is 2.65. The van der Waals surface area contributed by atoms with Crippen molar-refractivity contribution in [2.45, 2.75) is 36.2 Å². The Hall–Kier alpha value is -1.51. The minimum atomic E-state index is -3.59. The summed E-state index contributed by atoms with van der Waals surface area (Å²) in [4.78, 5) is 10.3. The van der Waals surface area contributed by atoms with Crippen LogP contribution in [0.1, 0.15) is 19.3 Å². The van der Waals surface area contributed by atoms with Crippen molar-refractivity contribution in [1.29, 1.82) is 0 Å². The molecule has 1 aromatic carbocycles. The summed E-state index contributed by atoms with van der Waals surface area (Å²) in [5.74, 6) is 0. The van der Waals surface area contributed by atoms with Gasteiger partial charge in [-0.05, 0) is 25.0 Å². The molecule has 7 nitrogen and oxygen atoms in total. The molecule has 0 radical (unpaired) electrons. The van der Waals surface area contributed by atoms with Crippen LogP contribution in [-0.4, -0.2) is 42.8 Å². The second kappa shape index (κ2) is 5.36. The molecule has 21 heavy (non-hydrogen) atoms. The zero-order valence-electron chi connectivity index (χ0n) is 11.4. The normalized spacial score (nSPS) is 20.0. The first-order valence-electron chi connectivity index (χ1n) is 6.99. The zero-order chi connectivity index (χ0) is 15.0. The molecule has 2 fully saturated rings. The maximum Gasteiger partial charge on any atom is 0.269 e. The quantitative estimate of drug-likeness (QED) is 0.649. The molecule has 1 aliphatic heterocycles. The predicted molar refractivity (Wildman–Crippen MR) is 76.4 cm³/mol. The molecule has 1 heterocycles. The van der Waals surface area contributed by atoms with E-state index in [4.69, 9.17) is 0 Å². The lowest BCUT2D eigenvalue weighted by molar-refractivity contribution is -0.384.